The van der Waals surface area contributed by atoms with Gasteiger partial charge in [-0.05, 0) is 5.56 Å². The van der Waals surface area contributed by atoms with Gasteiger partial charge >= 0.3 is 6.03 Å². The van der Waals surface area contributed by atoms with Crippen molar-refractivity contribution in [3.63, 3.8) is 0 Å². The summed E-state index contributed by atoms with van der Waals surface area (Å²) in [5.74, 6) is 0.574. The number of aromatic nitrogens is 2. The lowest BCUT2D eigenvalue weighted by molar-refractivity contribution is -0.0503. The highest BCUT2D eigenvalue weighted by atomic mass is 16.5. The fraction of sp³-hybridized carbons (Fsp3) is 0.444. The van der Waals surface area contributed by atoms with Crippen LogP contribution in [-0.2, 0) is 18.3 Å². The summed E-state index contributed by atoms with van der Waals surface area (Å²) in [6.07, 6.45) is 1.89. The molecule has 2 atom stereocenters. The van der Waals surface area contributed by atoms with Crippen LogP contribution in [0.25, 0.3) is 0 Å². The Morgan fingerprint density at radius 1 is 1.28 bits per heavy atom. The highest BCUT2D eigenvalue weighted by Crippen LogP contribution is 2.25. The molecule has 2 fully saturated rings. The molecule has 4 rings (SSSR count). The highest BCUT2D eigenvalue weighted by molar-refractivity contribution is 5.88. The molecule has 2 aromatic rings. The van der Waals surface area contributed by atoms with Crippen LogP contribution in [-0.4, -0.2) is 64.0 Å². The topological polar surface area (TPSA) is 62.6 Å². The lowest BCUT2D eigenvalue weighted by Crippen LogP contribution is -2.50. The van der Waals surface area contributed by atoms with E-state index in [0.29, 0.717) is 25.5 Å². The van der Waals surface area contributed by atoms with Crippen LogP contribution in [0, 0.1) is 0 Å². The number of carbonyl (C=O) groups excluding carboxylic acids is 1. The van der Waals surface area contributed by atoms with Crippen LogP contribution in [0.5, 0.6) is 0 Å². The Morgan fingerprint density at radius 3 is 2.88 bits per heavy atom. The Balaban J connectivity index is 1.40. The molecule has 1 aromatic heterocycles. The van der Waals surface area contributed by atoms with Gasteiger partial charge in [-0.25, -0.2) is 4.79 Å². The number of fused-ring (bicyclic) bond motifs is 1. The van der Waals surface area contributed by atoms with E-state index < -0.39 is 0 Å². The van der Waals surface area contributed by atoms with Crippen molar-refractivity contribution < 1.29 is 9.53 Å². The number of benzene rings is 1. The van der Waals surface area contributed by atoms with Gasteiger partial charge in [0.2, 0.25) is 0 Å². The third kappa shape index (κ3) is 3.52. The van der Waals surface area contributed by atoms with Crippen molar-refractivity contribution in [3.8, 4) is 0 Å². The summed E-state index contributed by atoms with van der Waals surface area (Å²) in [5, 5.41) is 7.06. The number of rotatable bonds is 3. The minimum absolute atomic E-state index is 0.0759. The fourth-order valence-electron chi connectivity index (χ4n) is 3.61. The number of ether oxygens (including phenoxy) is 1. The summed E-state index contributed by atoms with van der Waals surface area (Å²) in [7, 11) is 1.83. The summed E-state index contributed by atoms with van der Waals surface area (Å²) < 4.78 is 7.59. The highest BCUT2D eigenvalue weighted by Gasteiger charge is 2.41. The van der Waals surface area contributed by atoms with Crippen molar-refractivity contribution in [1.82, 2.24) is 19.6 Å². The van der Waals surface area contributed by atoms with E-state index in [0.717, 1.165) is 13.1 Å². The van der Waals surface area contributed by atoms with Gasteiger partial charge in [0.15, 0.2) is 5.82 Å². The summed E-state index contributed by atoms with van der Waals surface area (Å²) in [4.78, 5) is 16.8. The molecule has 0 aliphatic carbocycles. The molecule has 25 heavy (non-hydrogen) atoms. The zero-order chi connectivity index (χ0) is 17.2. The second-order valence-electron chi connectivity index (χ2n) is 6.64. The van der Waals surface area contributed by atoms with Crippen LogP contribution in [0.1, 0.15) is 5.56 Å². The molecule has 7 nitrogen and oxygen atoms in total. The Hall–Kier alpha value is -2.38. The predicted octanol–water partition coefficient (Wildman–Crippen LogP) is 1.54. The molecule has 0 saturated carbocycles. The Morgan fingerprint density at radius 2 is 2.12 bits per heavy atom. The van der Waals surface area contributed by atoms with Gasteiger partial charge in [0.1, 0.15) is 0 Å². The standard InChI is InChI=1S/C18H23N5O2/c1-21-8-7-17(20-21)19-18(24)23-12-15-16(13-23)25-10-9-22(15)11-14-5-3-2-4-6-14/h2-8,15-16H,9-13H2,1H3,(H,19,20,24)/t15-,16+/m0/s1. The van der Waals surface area contributed by atoms with Crippen LogP contribution in [0.4, 0.5) is 10.6 Å². The Bertz CT molecular complexity index is 732. The van der Waals surface area contributed by atoms with Crippen LogP contribution in [0.15, 0.2) is 42.6 Å². The maximum absolute atomic E-state index is 12.5. The quantitative estimate of drug-likeness (QED) is 0.920. The number of urea groups is 1. The Labute approximate surface area is 147 Å². The molecule has 0 bridgehead atoms. The van der Waals surface area contributed by atoms with E-state index in [-0.39, 0.29) is 18.2 Å². The first-order chi connectivity index (χ1) is 12.2. The molecule has 2 aliphatic heterocycles. The molecule has 0 radical (unpaired) electrons. The van der Waals surface area contributed by atoms with Gasteiger partial charge in [-0.15, -0.1) is 0 Å². The average molecular weight is 341 g/mol. The second-order valence-corrected chi connectivity index (χ2v) is 6.64. The zero-order valence-corrected chi connectivity index (χ0v) is 14.3. The first-order valence-electron chi connectivity index (χ1n) is 8.64. The first kappa shape index (κ1) is 16.1. The van der Waals surface area contributed by atoms with Gasteiger partial charge in [0, 0.05) is 38.9 Å². The van der Waals surface area contributed by atoms with E-state index in [1.165, 1.54) is 5.56 Å². The van der Waals surface area contributed by atoms with Crippen molar-refractivity contribution in [2.45, 2.75) is 18.7 Å². The summed E-state index contributed by atoms with van der Waals surface area (Å²) in [5.41, 5.74) is 1.29. The molecule has 7 heteroatoms. The van der Waals surface area contributed by atoms with Crippen molar-refractivity contribution in [2.75, 3.05) is 31.6 Å². The van der Waals surface area contributed by atoms with Crippen molar-refractivity contribution in [3.05, 3.63) is 48.2 Å². The monoisotopic (exact) mass is 341 g/mol. The average Bonchev–Trinajstić information content (AvgIpc) is 3.22. The number of anilines is 1. The lowest BCUT2D eigenvalue weighted by Gasteiger charge is -2.36. The molecule has 2 saturated heterocycles. The predicted molar refractivity (Wildman–Crippen MR) is 94.2 cm³/mol. The summed E-state index contributed by atoms with van der Waals surface area (Å²) >= 11 is 0. The summed E-state index contributed by atoms with van der Waals surface area (Å²) in [6.45, 7) is 3.79. The maximum Gasteiger partial charge on any atom is 0.323 e. The van der Waals surface area contributed by atoms with E-state index >= 15 is 0 Å². The number of nitrogens with zero attached hydrogens (tertiary/aromatic N) is 4. The van der Waals surface area contributed by atoms with Gasteiger partial charge < -0.3 is 9.64 Å². The lowest BCUT2D eigenvalue weighted by atomic mass is 10.1. The second kappa shape index (κ2) is 6.85. The van der Waals surface area contributed by atoms with E-state index in [4.69, 9.17) is 4.74 Å². The summed E-state index contributed by atoms with van der Waals surface area (Å²) in [6, 6.07) is 12.4. The van der Waals surface area contributed by atoms with Gasteiger partial charge in [-0.1, -0.05) is 30.3 Å². The molecule has 2 amide bonds. The van der Waals surface area contributed by atoms with E-state index in [9.17, 15) is 4.79 Å². The molecule has 1 aromatic carbocycles. The van der Waals surface area contributed by atoms with Crippen LogP contribution >= 0.6 is 0 Å². The smallest absolute Gasteiger partial charge is 0.323 e. The molecular formula is C18H23N5O2. The van der Waals surface area contributed by atoms with Gasteiger partial charge in [-0.3, -0.25) is 14.9 Å². The number of hydrogen-bond acceptors (Lipinski definition) is 4. The SMILES string of the molecule is Cn1ccc(NC(=O)N2C[C@H]3OCCN(Cc4ccccc4)[C@H]3C2)n1. The van der Waals surface area contributed by atoms with Gasteiger partial charge in [-0.2, -0.15) is 5.10 Å². The van der Waals surface area contributed by atoms with E-state index in [2.05, 4.69) is 39.6 Å². The Kier molecular flexibility index (Phi) is 4.42. The largest absolute Gasteiger partial charge is 0.373 e. The molecular weight excluding hydrogens is 318 g/mol. The number of amides is 2. The number of nitrogens with one attached hydrogen (secondary N) is 1. The normalized spacial score (nSPS) is 23.5. The number of hydrogen-bond donors (Lipinski definition) is 1. The number of aryl methyl sites for hydroxylation is 1. The zero-order valence-electron chi connectivity index (χ0n) is 14.3. The molecule has 0 unspecified atom stereocenters. The molecule has 0 spiro atoms. The van der Waals surface area contributed by atoms with Crippen molar-refractivity contribution in [2.24, 2.45) is 7.05 Å². The molecule has 132 valence electrons. The van der Waals surface area contributed by atoms with E-state index in [1.54, 1.807) is 10.7 Å². The third-order valence-electron chi connectivity index (χ3n) is 4.88. The van der Waals surface area contributed by atoms with Crippen molar-refractivity contribution >= 4 is 11.8 Å². The minimum atomic E-state index is -0.114. The van der Waals surface area contributed by atoms with E-state index in [1.807, 2.05) is 24.2 Å². The molecule has 2 aliphatic rings. The van der Waals surface area contributed by atoms with Gasteiger partial charge in [0.25, 0.3) is 0 Å². The minimum Gasteiger partial charge on any atom is -0.373 e. The van der Waals surface area contributed by atoms with Crippen LogP contribution < -0.4 is 5.32 Å². The maximum atomic E-state index is 12.5. The number of morpholine rings is 1. The van der Waals surface area contributed by atoms with Crippen LogP contribution in [0.2, 0.25) is 0 Å². The fourth-order valence-corrected chi connectivity index (χ4v) is 3.61. The first-order valence-corrected chi connectivity index (χ1v) is 8.64. The number of likely N-dealkylation sites (tertiary alicyclic amines) is 1. The van der Waals surface area contributed by atoms with Crippen LogP contribution in [0.3, 0.4) is 0 Å². The molecule has 3 heterocycles. The van der Waals surface area contributed by atoms with Gasteiger partial charge in [0.05, 0.1) is 25.3 Å². The number of carbonyl (C=O) groups is 1. The molecule has 1 N–H and O–H groups in total. The van der Waals surface area contributed by atoms with Crippen molar-refractivity contribution in [1.29, 1.82) is 0 Å². The third-order valence-corrected chi connectivity index (χ3v) is 4.88.